The molecule has 11 aliphatic rings. The van der Waals surface area contributed by atoms with E-state index in [1.807, 2.05) is 0 Å². The van der Waals surface area contributed by atoms with Crippen molar-refractivity contribution in [2.45, 2.75) is 311 Å². The number of carbonyl (C=O) groups excluding carboxylic acids is 1. The van der Waals surface area contributed by atoms with E-state index >= 15 is 4.79 Å². The predicted molar refractivity (Wildman–Crippen MR) is 319 cm³/mol. The third-order valence-electron chi connectivity index (χ3n) is 25.2. The summed E-state index contributed by atoms with van der Waals surface area (Å²) in [4.78, 5) is 15.3. The highest BCUT2D eigenvalue weighted by molar-refractivity contribution is 5.79. The van der Waals surface area contributed by atoms with Gasteiger partial charge in [-0.1, -0.05) is 60.1 Å². The molecule has 0 amide bonds. The zero-order chi connectivity index (χ0) is 69.3. The Morgan fingerprint density at radius 2 is 1.02 bits per heavy atom. The van der Waals surface area contributed by atoms with Gasteiger partial charge in [-0.2, -0.15) is 0 Å². The van der Waals surface area contributed by atoms with E-state index in [9.17, 15) is 86.8 Å². The van der Waals surface area contributed by atoms with Crippen LogP contribution in [0.25, 0.3) is 0 Å². The fourth-order valence-corrected chi connectivity index (χ4v) is 19.0. The number of hydrogen-bond donors (Lipinski definition) is 17. The molecule has 0 radical (unpaired) electrons. The molecule has 11 rings (SSSR count). The second kappa shape index (κ2) is 27.7. The summed E-state index contributed by atoms with van der Waals surface area (Å²) in [5.74, 6) is -0.696. The van der Waals surface area contributed by atoms with Crippen molar-refractivity contribution < 1.29 is 148 Å². The van der Waals surface area contributed by atoms with Crippen molar-refractivity contribution >= 4 is 5.97 Å². The van der Waals surface area contributed by atoms with Crippen LogP contribution in [-0.4, -0.2) is 303 Å². The smallest absolute Gasteiger partial charge is 0.315 e. The van der Waals surface area contributed by atoms with E-state index in [0.717, 1.165) is 19.3 Å². The Balaban J connectivity index is 0.779. The van der Waals surface area contributed by atoms with Crippen molar-refractivity contribution in [2.75, 3.05) is 26.4 Å². The number of allylic oxidation sites excluding steroid dienone is 2. The van der Waals surface area contributed by atoms with Gasteiger partial charge in [0, 0.05) is 0 Å². The van der Waals surface area contributed by atoms with Gasteiger partial charge in [0.2, 0.25) is 6.29 Å². The van der Waals surface area contributed by atoms with E-state index < -0.39 is 226 Å². The Kier molecular flexibility index (Phi) is 21.7. The molecule has 6 saturated heterocycles. The minimum atomic E-state index is -1.91. The maximum Gasteiger partial charge on any atom is 0.315 e. The minimum Gasteiger partial charge on any atom is -0.432 e. The second-order valence-corrected chi connectivity index (χ2v) is 31.4. The Morgan fingerprint density at radius 1 is 0.495 bits per heavy atom. The first-order chi connectivity index (χ1) is 44.5. The van der Waals surface area contributed by atoms with Crippen LogP contribution in [0.2, 0.25) is 0 Å². The van der Waals surface area contributed by atoms with Gasteiger partial charge < -0.3 is 144 Å². The van der Waals surface area contributed by atoms with E-state index in [1.165, 1.54) is 19.4 Å². The molecule has 37 atom stereocenters. The number of ether oxygens (including phenoxy) is 12. The molecule has 0 aromatic heterocycles. The molecule has 10 fully saturated rings. The van der Waals surface area contributed by atoms with Crippen LogP contribution >= 0.6 is 0 Å². The maximum absolute atomic E-state index is 15.3. The number of hydrogen-bond acceptors (Lipinski definition) is 30. The summed E-state index contributed by atoms with van der Waals surface area (Å²) in [7, 11) is 0. The molecular weight excluding hydrogens is 1260 g/mol. The van der Waals surface area contributed by atoms with Crippen molar-refractivity contribution in [3.05, 3.63) is 11.6 Å². The molecule has 30 nitrogen and oxygen atoms in total. The summed E-state index contributed by atoms with van der Waals surface area (Å²) in [6.45, 7) is 16.2. The predicted octanol–water partition coefficient (Wildman–Crippen LogP) is -3.69. The van der Waals surface area contributed by atoms with Crippen LogP contribution in [0.15, 0.2) is 11.6 Å². The lowest BCUT2D eigenvalue weighted by molar-refractivity contribution is -0.380. The summed E-state index contributed by atoms with van der Waals surface area (Å²) >= 11 is 0. The molecule has 34 unspecified atom stereocenters. The van der Waals surface area contributed by atoms with Crippen molar-refractivity contribution in [1.29, 1.82) is 0 Å². The van der Waals surface area contributed by atoms with Gasteiger partial charge in [-0.05, 0) is 123 Å². The fraction of sp³-hybridized carbons (Fsp3) is 0.954. The molecule has 0 bridgehead atoms. The summed E-state index contributed by atoms with van der Waals surface area (Å²) in [6.07, 6.45) is -38.3. The first kappa shape index (κ1) is 74.3. The lowest BCUT2D eigenvalue weighted by Gasteiger charge is -2.71. The molecule has 4 saturated carbocycles. The van der Waals surface area contributed by atoms with Gasteiger partial charge in [-0.3, -0.25) is 4.79 Å². The molecule has 6 aliphatic heterocycles. The van der Waals surface area contributed by atoms with Crippen LogP contribution in [0.3, 0.4) is 0 Å². The molecule has 17 N–H and O–H groups in total. The average Bonchev–Trinajstić information content (AvgIpc) is 0.676. The van der Waals surface area contributed by atoms with Crippen molar-refractivity contribution in [3.8, 4) is 0 Å². The quantitative estimate of drug-likeness (QED) is 0.0426. The van der Waals surface area contributed by atoms with Gasteiger partial charge in [0.1, 0.15) is 128 Å². The van der Waals surface area contributed by atoms with Crippen LogP contribution in [0.1, 0.15) is 127 Å². The highest BCUT2D eigenvalue weighted by Crippen LogP contribution is 2.76. The summed E-state index contributed by atoms with van der Waals surface area (Å²) in [6, 6.07) is 0. The third kappa shape index (κ3) is 12.9. The van der Waals surface area contributed by atoms with E-state index in [4.69, 9.17) is 56.8 Å². The van der Waals surface area contributed by atoms with Gasteiger partial charge in [0.05, 0.1) is 50.2 Å². The van der Waals surface area contributed by atoms with Crippen molar-refractivity contribution in [3.63, 3.8) is 0 Å². The van der Waals surface area contributed by atoms with Gasteiger partial charge in [0.25, 0.3) is 0 Å². The maximum atomic E-state index is 15.3. The van der Waals surface area contributed by atoms with E-state index in [-0.39, 0.29) is 40.6 Å². The molecule has 0 aromatic carbocycles. The molecule has 5 aliphatic carbocycles. The largest absolute Gasteiger partial charge is 0.432 e. The molecule has 546 valence electrons. The Labute approximate surface area is 551 Å². The zero-order valence-electron chi connectivity index (χ0n) is 55.4. The standard InChI is InChI=1S/C65H106O30/c1-25-36(68)41(73)46(78)54(86-25)93-51-30(22-67)89-53(50(82)45(51)77)84-23-31-39(71)44(76)49(81)57(90-31)95-59(83)65-18-16-60(3,4)20-28(65)27-10-11-34-62(7)14-13-35(61(5,6)33(62)12-15-64(34,9)63(27,8)17-19-65)92-58-52(94-55-47(79)42(74)37(69)26(2)87-55)40(72)32(24-85-58)91-56-48(80)43(75)38(70)29(21-66)88-56/h10,25-26,28-58,66-82H,11-24H2,1-9H3/t25?,26?,28?,29?,30?,31?,32?,33?,34?,35?,36?,37?,38?,39?,40?,41?,42?,43?,44?,45?,46?,47?,48?,49?,50?,51?,52?,53?,54?,55?,56?,57?,58?,62-,63+,64+,65?/m0/s1. The first-order valence-electron chi connectivity index (χ1n) is 34.0. The Morgan fingerprint density at radius 3 is 1.63 bits per heavy atom. The average molecular weight is 1370 g/mol. The van der Waals surface area contributed by atoms with E-state index in [2.05, 4.69) is 54.5 Å². The highest BCUT2D eigenvalue weighted by atomic mass is 16.8. The lowest BCUT2D eigenvalue weighted by Crippen LogP contribution is -2.66. The van der Waals surface area contributed by atoms with Crippen LogP contribution in [0.4, 0.5) is 0 Å². The molecule has 6 heterocycles. The second-order valence-electron chi connectivity index (χ2n) is 31.4. The first-order valence-corrected chi connectivity index (χ1v) is 34.0. The SMILES string of the molecule is CC1OC(OC2C(CO)OC(OCC3OC(OC(=O)C45CCC(C)(C)CC4C4=CCC6[C@@]7(C)CCC(OC8OCC(OC9OC(CO)C(O)C(O)C9O)C(O)C8OC8OC(C)C(O)C(O)C8O)C(C)(C)C7CC[C@@]6(C)[C@]4(C)CC5)C(O)C(O)C3O)C(O)C2O)C(O)C(O)C1O. The molecular formula is C65H106O30. The lowest BCUT2D eigenvalue weighted by atomic mass is 9.33. The highest BCUT2D eigenvalue weighted by Gasteiger charge is 2.71. The molecule has 95 heavy (non-hydrogen) atoms. The number of esters is 1. The summed E-state index contributed by atoms with van der Waals surface area (Å²) in [5.41, 5.74) is -1.58. The van der Waals surface area contributed by atoms with Crippen LogP contribution in [0.5, 0.6) is 0 Å². The monoisotopic (exact) mass is 1370 g/mol. The number of rotatable bonds is 15. The van der Waals surface area contributed by atoms with E-state index in [0.29, 0.717) is 44.9 Å². The van der Waals surface area contributed by atoms with Crippen LogP contribution in [-0.2, 0) is 61.6 Å². The van der Waals surface area contributed by atoms with Gasteiger partial charge >= 0.3 is 5.97 Å². The Hall–Kier alpha value is -1.91. The molecule has 0 aromatic rings. The van der Waals surface area contributed by atoms with Crippen molar-refractivity contribution in [1.82, 2.24) is 0 Å². The number of fused-ring (bicyclic) bond motifs is 7. The van der Waals surface area contributed by atoms with Crippen molar-refractivity contribution in [2.24, 2.45) is 50.2 Å². The molecule has 0 spiro atoms. The fourth-order valence-electron chi connectivity index (χ4n) is 19.0. The summed E-state index contributed by atoms with van der Waals surface area (Å²) < 4.78 is 72.0. The van der Waals surface area contributed by atoms with Gasteiger partial charge in [0.15, 0.2) is 31.5 Å². The number of aliphatic hydroxyl groups excluding tert-OH is 17. The third-order valence-corrected chi connectivity index (χ3v) is 25.2. The number of aliphatic hydroxyl groups is 17. The van der Waals surface area contributed by atoms with Gasteiger partial charge in [-0.15, -0.1) is 0 Å². The van der Waals surface area contributed by atoms with Crippen LogP contribution in [0, 0.1) is 50.2 Å². The molecule has 30 heteroatoms. The minimum absolute atomic E-state index is 0.0735. The normalized spacial score (nSPS) is 54.6. The van der Waals surface area contributed by atoms with E-state index in [1.54, 1.807) is 0 Å². The summed E-state index contributed by atoms with van der Waals surface area (Å²) in [5, 5.41) is 184. The number of carbonyl (C=O) groups is 1. The van der Waals surface area contributed by atoms with Crippen LogP contribution < -0.4 is 0 Å². The Bertz CT molecular complexity index is 2670. The zero-order valence-corrected chi connectivity index (χ0v) is 55.4. The topological polar surface area (TPSA) is 472 Å². The van der Waals surface area contributed by atoms with Gasteiger partial charge in [-0.25, -0.2) is 0 Å².